The number of halogens is 3. The zero-order valence-electron chi connectivity index (χ0n) is 25.9. The third-order valence-corrected chi connectivity index (χ3v) is 10.8. The van der Waals surface area contributed by atoms with Gasteiger partial charge < -0.3 is 10.2 Å². The molecule has 11 heteroatoms. The summed E-state index contributed by atoms with van der Waals surface area (Å²) in [6.07, 6.45) is 3.98. The van der Waals surface area contributed by atoms with E-state index < -0.39 is 28.5 Å². The quantitative estimate of drug-likeness (QED) is 0.162. The second kappa shape index (κ2) is 15.6. The highest BCUT2D eigenvalue weighted by molar-refractivity contribution is 7.92. The van der Waals surface area contributed by atoms with Crippen molar-refractivity contribution in [1.29, 1.82) is 0 Å². The molecule has 4 aromatic rings. The Hall–Kier alpha value is -3.56. The van der Waals surface area contributed by atoms with Gasteiger partial charge in [0.2, 0.25) is 11.8 Å². The van der Waals surface area contributed by atoms with E-state index in [2.05, 4.69) is 5.32 Å². The van der Waals surface area contributed by atoms with Crippen LogP contribution in [-0.2, 0) is 32.6 Å². The lowest BCUT2D eigenvalue weighted by atomic mass is 10.0. The normalized spacial score (nSPS) is 14.0. The molecular formula is C36H36Cl3N3O4S. The van der Waals surface area contributed by atoms with Crippen molar-refractivity contribution in [2.24, 2.45) is 0 Å². The molecule has 1 unspecified atom stereocenters. The molecule has 2 amide bonds. The Morgan fingerprint density at radius 3 is 2.17 bits per heavy atom. The summed E-state index contributed by atoms with van der Waals surface area (Å²) in [6.45, 7) is 1.22. The van der Waals surface area contributed by atoms with Gasteiger partial charge in [-0.25, -0.2) is 8.42 Å². The van der Waals surface area contributed by atoms with Crippen LogP contribution in [0.1, 0.15) is 42.4 Å². The molecule has 5 rings (SSSR count). The fourth-order valence-electron chi connectivity index (χ4n) is 5.78. The predicted molar refractivity (Wildman–Crippen MR) is 189 cm³/mol. The number of aryl methyl sites for hydroxylation is 1. The summed E-state index contributed by atoms with van der Waals surface area (Å²) < 4.78 is 29.5. The van der Waals surface area contributed by atoms with Gasteiger partial charge in [0, 0.05) is 29.1 Å². The molecule has 1 saturated carbocycles. The Bertz CT molecular complexity index is 1820. The molecule has 47 heavy (non-hydrogen) atoms. The summed E-state index contributed by atoms with van der Waals surface area (Å²) in [6, 6.07) is 26.3. The topological polar surface area (TPSA) is 86.8 Å². The number of carbonyl (C=O) groups excluding carboxylic acids is 2. The van der Waals surface area contributed by atoms with E-state index in [1.54, 1.807) is 36.4 Å². The first-order chi connectivity index (χ1) is 22.5. The molecule has 0 heterocycles. The van der Waals surface area contributed by atoms with E-state index in [0.29, 0.717) is 10.6 Å². The SMILES string of the molecule is Cc1ccc(S(=O)(=O)N(CC(=O)N(Cc2cccc(Cl)c2)C(Cc2ccccc2)C(=O)NC2CCCC2)c2cc(Cl)ccc2Cl)cc1. The third kappa shape index (κ3) is 8.87. The van der Waals surface area contributed by atoms with Gasteiger partial charge in [0.1, 0.15) is 12.6 Å². The van der Waals surface area contributed by atoms with Crippen LogP contribution in [0.5, 0.6) is 0 Å². The second-order valence-electron chi connectivity index (χ2n) is 11.8. The molecule has 0 aromatic heterocycles. The van der Waals surface area contributed by atoms with Crippen molar-refractivity contribution >= 4 is 62.3 Å². The maximum Gasteiger partial charge on any atom is 0.264 e. The maximum absolute atomic E-state index is 14.6. The van der Waals surface area contributed by atoms with Crippen molar-refractivity contribution in [3.05, 3.63) is 129 Å². The van der Waals surface area contributed by atoms with Crippen molar-refractivity contribution in [2.75, 3.05) is 10.8 Å². The van der Waals surface area contributed by atoms with Crippen molar-refractivity contribution in [2.45, 2.75) is 62.6 Å². The lowest BCUT2D eigenvalue weighted by molar-refractivity contribution is -0.140. The Kier molecular flexibility index (Phi) is 11.5. The number of hydrogen-bond acceptors (Lipinski definition) is 4. The molecule has 4 aromatic carbocycles. The van der Waals surface area contributed by atoms with Crippen LogP contribution in [0.15, 0.2) is 102 Å². The number of nitrogens with zero attached hydrogens (tertiary/aromatic N) is 2. The Balaban J connectivity index is 1.59. The van der Waals surface area contributed by atoms with Gasteiger partial charge in [-0.1, -0.05) is 108 Å². The van der Waals surface area contributed by atoms with E-state index in [1.165, 1.54) is 29.2 Å². The van der Waals surface area contributed by atoms with Gasteiger partial charge in [0.05, 0.1) is 15.6 Å². The van der Waals surface area contributed by atoms with Gasteiger partial charge in [-0.2, -0.15) is 0 Å². The number of amides is 2. The van der Waals surface area contributed by atoms with Crippen LogP contribution in [-0.4, -0.2) is 43.8 Å². The van der Waals surface area contributed by atoms with Crippen molar-refractivity contribution in [3.8, 4) is 0 Å². The summed E-state index contributed by atoms with van der Waals surface area (Å²) in [5.41, 5.74) is 2.46. The first-order valence-corrected chi connectivity index (χ1v) is 18.0. The van der Waals surface area contributed by atoms with Crippen molar-refractivity contribution in [3.63, 3.8) is 0 Å². The molecule has 1 aliphatic rings. The number of benzene rings is 4. The van der Waals surface area contributed by atoms with Gasteiger partial charge in [-0.15, -0.1) is 0 Å². The fraction of sp³-hybridized carbons (Fsp3) is 0.278. The molecule has 1 fully saturated rings. The summed E-state index contributed by atoms with van der Waals surface area (Å²) in [5.74, 6) is -0.899. The fourth-order valence-corrected chi connectivity index (χ4v) is 7.86. The zero-order valence-corrected chi connectivity index (χ0v) is 29.0. The predicted octanol–water partition coefficient (Wildman–Crippen LogP) is 7.85. The minimum absolute atomic E-state index is 0.00701. The van der Waals surface area contributed by atoms with Crippen LogP contribution in [0.3, 0.4) is 0 Å². The van der Waals surface area contributed by atoms with Crippen LogP contribution >= 0.6 is 34.8 Å². The van der Waals surface area contributed by atoms with Crippen molar-refractivity contribution in [1.82, 2.24) is 10.2 Å². The molecule has 1 N–H and O–H groups in total. The highest BCUT2D eigenvalue weighted by atomic mass is 35.5. The minimum atomic E-state index is -4.32. The minimum Gasteiger partial charge on any atom is -0.352 e. The second-order valence-corrected chi connectivity index (χ2v) is 14.9. The molecule has 7 nitrogen and oxygen atoms in total. The van der Waals surface area contributed by atoms with Gasteiger partial charge in [0.25, 0.3) is 10.0 Å². The van der Waals surface area contributed by atoms with E-state index in [9.17, 15) is 18.0 Å². The first kappa shape index (κ1) is 34.8. The van der Waals surface area contributed by atoms with Crippen LogP contribution in [0.4, 0.5) is 5.69 Å². The summed E-state index contributed by atoms with van der Waals surface area (Å²) in [5, 5.41) is 3.98. The van der Waals surface area contributed by atoms with Gasteiger partial charge in [-0.05, 0) is 73.4 Å². The highest BCUT2D eigenvalue weighted by Crippen LogP contribution is 2.33. The van der Waals surface area contributed by atoms with E-state index in [0.717, 1.165) is 41.1 Å². The van der Waals surface area contributed by atoms with Gasteiger partial charge in [0.15, 0.2) is 0 Å². The van der Waals surface area contributed by atoms with Crippen LogP contribution < -0.4 is 9.62 Å². The molecule has 0 saturated heterocycles. The molecule has 1 aliphatic carbocycles. The van der Waals surface area contributed by atoms with Crippen LogP contribution in [0.25, 0.3) is 0 Å². The Morgan fingerprint density at radius 2 is 1.49 bits per heavy atom. The summed E-state index contributed by atoms with van der Waals surface area (Å²) >= 11 is 19.2. The average molecular weight is 713 g/mol. The van der Waals surface area contributed by atoms with Gasteiger partial charge in [-0.3, -0.25) is 13.9 Å². The van der Waals surface area contributed by atoms with Crippen LogP contribution in [0, 0.1) is 6.92 Å². The molecule has 246 valence electrons. The molecule has 0 spiro atoms. The lowest BCUT2D eigenvalue weighted by Gasteiger charge is -2.34. The highest BCUT2D eigenvalue weighted by Gasteiger charge is 2.36. The van der Waals surface area contributed by atoms with E-state index in [1.807, 2.05) is 43.3 Å². The Labute approximate surface area is 291 Å². The summed E-state index contributed by atoms with van der Waals surface area (Å²) in [7, 11) is -4.32. The number of rotatable bonds is 12. The number of hydrogen-bond donors (Lipinski definition) is 1. The molecule has 0 bridgehead atoms. The maximum atomic E-state index is 14.6. The molecule has 0 radical (unpaired) electrons. The summed E-state index contributed by atoms with van der Waals surface area (Å²) in [4.78, 5) is 30.2. The monoisotopic (exact) mass is 711 g/mol. The lowest BCUT2D eigenvalue weighted by Crippen LogP contribution is -2.54. The number of carbonyl (C=O) groups is 2. The largest absolute Gasteiger partial charge is 0.352 e. The Morgan fingerprint density at radius 1 is 0.830 bits per heavy atom. The number of anilines is 1. The van der Waals surface area contributed by atoms with Gasteiger partial charge >= 0.3 is 0 Å². The molecule has 0 aliphatic heterocycles. The first-order valence-electron chi connectivity index (χ1n) is 15.4. The van der Waals surface area contributed by atoms with Crippen molar-refractivity contribution < 1.29 is 18.0 Å². The van der Waals surface area contributed by atoms with E-state index >= 15 is 0 Å². The van der Waals surface area contributed by atoms with Crippen LogP contribution in [0.2, 0.25) is 15.1 Å². The zero-order chi connectivity index (χ0) is 33.6. The van der Waals surface area contributed by atoms with E-state index in [4.69, 9.17) is 34.8 Å². The third-order valence-electron chi connectivity index (χ3n) is 8.28. The smallest absolute Gasteiger partial charge is 0.264 e. The standard InChI is InChI=1S/C36H36Cl3N3O4S/c1-25-14-17-31(18-15-25)47(45,46)42(33-22-29(38)16-19-32(33)39)24-35(43)41(23-27-10-7-11-28(37)20-27)34(21-26-8-3-2-4-9-26)36(44)40-30-12-5-6-13-30/h2-4,7-11,14-20,22,30,34H,5-6,12-13,21,23-24H2,1H3,(H,40,44). The molecular weight excluding hydrogens is 677 g/mol. The van der Waals surface area contributed by atoms with E-state index in [-0.39, 0.29) is 45.5 Å². The number of nitrogens with one attached hydrogen (secondary N) is 1. The average Bonchev–Trinajstić information content (AvgIpc) is 3.56. The molecule has 1 atom stereocenters. The number of sulfonamides is 1.